The zero-order chi connectivity index (χ0) is 20.1. The van der Waals surface area contributed by atoms with E-state index in [2.05, 4.69) is 28.3 Å². The molecule has 7 nitrogen and oxygen atoms in total. The van der Waals surface area contributed by atoms with Crippen molar-refractivity contribution in [2.45, 2.75) is 39.3 Å². The number of hydrogen-bond acceptors (Lipinski definition) is 5. The molecule has 1 saturated heterocycles. The van der Waals surface area contributed by atoms with Gasteiger partial charge in [0, 0.05) is 23.6 Å². The van der Waals surface area contributed by atoms with Crippen LogP contribution in [-0.2, 0) is 4.74 Å². The van der Waals surface area contributed by atoms with Gasteiger partial charge in [-0.05, 0) is 56.4 Å². The lowest BCUT2D eigenvalue weighted by Crippen LogP contribution is -2.19. The van der Waals surface area contributed by atoms with Gasteiger partial charge < -0.3 is 10.5 Å². The van der Waals surface area contributed by atoms with Crippen molar-refractivity contribution >= 4 is 27.8 Å². The Balaban J connectivity index is 1.80. The van der Waals surface area contributed by atoms with Gasteiger partial charge in [-0.15, -0.1) is 0 Å². The quantitative estimate of drug-likeness (QED) is 0.558. The Bertz CT molecular complexity index is 1290. The maximum Gasteiger partial charge on any atom is 0.150 e. The van der Waals surface area contributed by atoms with E-state index in [1.165, 1.54) is 0 Å². The average molecular weight is 386 g/mol. The van der Waals surface area contributed by atoms with Crippen molar-refractivity contribution in [1.82, 2.24) is 19.3 Å². The third-order valence-electron chi connectivity index (χ3n) is 5.70. The first-order valence-corrected chi connectivity index (χ1v) is 9.85. The number of rotatable bonds is 2. The Labute approximate surface area is 168 Å². The van der Waals surface area contributed by atoms with E-state index in [0.717, 1.165) is 59.0 Å². The molecule has 1 aromatic carbocycles. The number of ether oxygens (including phenoxy) is 1. The fourth-order valence-electron chi connectivity index (χ4n) is 4.29. The second kappa shape index (κ2) is 6.61. The van der Waals surface area contributed by atoms with E-state index in [4.69, 9.17) is 10.5 Å². The maximum absolute atomic E-state index is 9.72. The lowest BCUT2D eigenvalue weighted by Gasteiger charge is -2.23. The molecule has 2 N–H and O–H groups in total. The zero-order valence-electron chi connectivity index (χ0n) is 16.5. The van der Waals surface area contributed by atoms with Crippen LogP contribution in [0.2, 0.25) is 0 Å². The van der Waals surface area contributed by atoms with Gasteiger partial charge in [0.1, 0.15) is 23.1 Å². The third-order valence-corrected chi connectivity index (χ3v) is 5.70. The average Bonchev–Trinajstić information content (AvgIpc) is 3.27. The van der Waals surface area contributed by atoms with Gasteiger partial charge in [0.15, 0.2) is 6.23 Å². The summed E-state index contributed by atoms with van der Waals surface area (Å²) in [6.45, 7) is 4.75. The molecule has 146 valence electrons. The molecule has 1 atom stereocenters. The molecule has 0 aliphatic carbocycles. The standard InChI is InChI=1S/C22H22N6O/c1-13-9-15-16(10-23)21(24)27(22(15)25-11-13)20-14(2)6-7-18-17(20)12-26-28(18)19-5-3-4-8-29-19/h6-7,9,11-12,19H,3-5,8,24H2,1-2H3. The van der Waals surface area contributed by atoms with Crippen LogP contribution in [0.1, 0.15) is 42.2 Å². The number of pyridine rings is 1. The molecule has 1 aliphatic rings. The summed E-state index contributed by atoms with van der Waals surface area (Å²) in [6, 6.07) is 8.35. The van der Waals surface area contributed by atoms with Crippen LogP contribution in [0, 0.1) is 25.2 Å². The molecule has 29 heavy (non-hydrogen) atoms. The first-order chi connectivity index (χ1) is 14.1. The molecule has 7 heteroatoms. The van der Waals surface area contributed by atoms with Gasteiger partial charge in [-0.2, -0.15) is 10.4 Å². The summed E-state index contributed by atoms with van der Waals surface area (Å²) in [5.41, 5.74) is 11.5. The van der Waals surface area contributed by atoms with Crippen molar-refractivity contribution in [3.05, 3.63) is 47.3 Å². The maximum atomic E-state index is 9.72. The number of fused-ring (bicyclic) bond motifs is 2. The highest BCUT2D eigenvalue weighted by Gasteiger charge is 2.23. The minimum absolute atomic E-state index is 0.0500. The fraction of sp³-hybridized carbons (Fsp3) is 0.318. The first-order valence-electron chi connectivity index (χ1n) is 9.85. The number of hydrogen-bond donors (Lipinski definition) is 1. The smallest absolute Gasteiger partial charge is 0.150 e. The number of aryl methyl sites for hydroxylation is 2. The molecule has 0 spiro atoms. The van der Waals surface area contributed by atoms with Gasteiger partial charge in [0.2, 0.25) is 0 Å². The molecular weight excluding hydrogens is 364 g/mol. The number of nitrogens with zero attached hydrogens (tertiary/aromatic N) is 5. The molecule has 0 bridgehead atoms. The third kappa shape index (κ3) is 2.60. The molecular formula is C22H22N6O. The molecule has 0 saturated carbocycles. The predicted molar refractivity (Wildman–Crippen MR) is 112 cm³/mol. The van der Waals surface area contributed by atoms with Crippen LogP contribution in [0.5, 0.6) is 0 Å². The van der Waals surface area contributed by atoms with Gasteiger partial charge in [-0.3, -0.25) is 4.57 Å². The Hall–Kier alpha value is -3.37. The largest absolute Gasteiger partial charge is 0.384 e. The normalized spacial score (nSPS) is 17.1. The van der Waals surface area contributed by atoms with Crippen molar-refractivity contribution in [2.75, 3.05) is 12.3 Å². The van der Waals surface area contributed by atoms with E-state index >= 15 is 0 Å². The highest BCUT2D eigenvalue weighted by atomic mass is 16.5. The van der Waals surface area contributed by atoms with Crippen LogP contribution in [-0.4, -0.2) is 25.9 Å². The first kappa shape index (κ1) is 17.7. The second-order valence-electron chi connectivity index (χ2n) is 7.67. The number of nitrogens with two attached hydrogens (primary N) is 1. The van der Waals surface area contributed by atoms with Gasteiger partial charge in [0.25, 0.3) is 0 Å². The van der Waals surface area contributed by atoms with Gasteiger partial charge in [-0.1, -0.05) is 6.07 Å². The van der Waals surface area contributed by atoms with Crippen LogP contribution in [0.25, 0.3) is 27.6 Å². The van der Waals surface area contributed by atoms with Crippen molar-refractivity contribution in [3.63, 3.8) is 0 Å². The summed E-state index contributed by atoms with van der Waals surface area (Å²) in [4.78, 5) is 4.61. The van der Waals surface area contributed by atoms with E-state index in [9.17, 15) is 5.26 Å². The lowest BCUT2D eigenvalue weighted by molar-refractivity contribution is -0.0366. The van der Waals surface area contributed by atoms with E-state index < -0.39 is 0 Å². The van der Waals surface area contributed by atoms with Crippen LogP contribution >= 0.6 is 0 Å². The van der Waals surface area contributed by atoms with Gasteiger partial charge in [0.05, 0.1) is 17.4 Å². The summed E-state index contributed by atoms with van der Waals surface area (Å²) in [6.07, 6.45) is 6.79. The van der Waals surface area contributed by atoms with Crippen LogP contribution in [0.15, 0.2) is 30.6 Å². The van der Waals surface area contributed by atoms with Crippen LogP contribution in [0.4, 0.5) is 5.82 Å². The van der Waals surface area contributed by atoms with E-state index in [1.54, 1.807) is 6.20 Å². The molecule has 0 radical (unpaired) electrons. The summed E-state index contributed by atoms with van der Waals surface area (Å²) >= 11 is 0. The highest BCUT2D eigenvalue weighted by Crippen LogP contribution is 2.36. The van der Waals surface area contributed by atoms with Crippen LogP contribution < -0.4 is 5.73 Å². The number of nitriles is 1. The Morgan fingerprint density at radius 3 is 2.83 bits per heavy atom. The molecule has 0 amide bonds. The van der Waals surface area contributed by atoms with Gasteiger partial charge in [-0.25, -0.2) is 9.67 Å². The minimum atomic E-state index is -0.0500. The van der Waals surface area contributed by atoms with E-state index in [0.29, 0.717) is 17.0 Å². The van der Waals surface area contributed by atoms with Crippen molar-refractivity contribution in [1.29, 1.82) is 5.26 Å². The number of nitrogen functional groups attached to an aromatic ring is 1. The minimum Gasteiger partial charge on any atom is -0.384 e. The molecule has 1 aliphatic heterocycles. The Morgan fingerprint density at radius 1 is 1.21 bits per heavy atom. The van der Waals surface area contributed by atoms with E-state index in [1.807, 2.05) is 35.4 Å². The lowest BCUT2D eigenvalue weighted by atomic mass is 10.1. The summed E-state index contributed by atoms with van der Waals surface area (Å²) in [7, 11) is 0. The van der Waals surface area contributed by atoms with Crippen molar-refractivity contribution in [2.24, 2.45) is 0 Å². The Morgan fingerprint density at radius 2 is 2.07 bits per heavy atom. The second-order valence-corrected chi connectivity index (χ2v) is 7.67. The van der Waals surface area contributed by atoms with Crippen molar-refractivity contribution < 1.29 is 4.74 Å². The molecule has 3 aromatic heterocycles. The molecule has 4 aromatic rings. The molecule has 1 unspecified atom stereocenters. The number of anilines is 1. The molecule has 5 rings (SSSR count). The van der Waals surface area contributed by atoms with Crippen molar-refractivity contribution in [3.8, 4) is 11.8 Å². The summed E-state index contributed by atoms with van der Waals surface area (Å²) in [5, 5.41) is 16.1. The highest BCUT2D eigenvalue weighted by molar-refractivity contribution is 5.97. The Kier molecular flexibility index (Phi) is 4.03. The SMILES string of the molecule is Cc1cnc2c(c1)c(C#N)c(N)n2-c1c(C)ccc2c1cnn2C1CCCCO1. The van der Waals surface area contributed by atoms with E-state index in [-0.39, 0.29) is 6.23 Å². The fourth-order valence-corrected chi connectivity index (χ4v) is 4.29. The summed E-state index contributed by atoms with van der Waals surface area (Å²) < 4.78 is 9.80. The number of benzene rings is 1. The zero-order valence-corrected chi connectivity index (χ0v) is 16.5. The topological polar surface area (TPSA) is 94.7 Å². The molecule has 1 fully saturated rings. The molecule has 4 heterocycles. The number of aromatic nitrogens is 4. The predicted octanol–water partition coefficient (Wildman–Crippen LogP) is 4.15. The monoisotopic (exact) mass is 386 g/mol. The summed E-state index contributed by atoms with van der Waals surface area (Å²) in [5.74, 6) is 0.401. The van der Waals surface area contributed by atoms with Gasteiger partial charge >= 0.3 is 0 Å². The van der Waals surface area contributed by atoms with Crippen LogP contribution in [0.3, 0.4) is 0 Å².